The number of aliphatic hydroxyl groups is 1. The Balaban J connectivity index is 2.19. The summed E-state index contributed by atoms with van der Waals surface area (Å²) in [5.41, 5.74) is 0. The molecule has 1 amide bonds. The largest absolute Gasteiger partial charge is 0.396 e. The molecule has 94 valence electrons. The van der Waals surface area contributed by atoms with Gasteiger partial charge in [-0.25, -0.2) is 0 Å². The lowest BCUT2D eigenvalue weighted by Crippen LogP contribution is -2.32. The Labute approximate surface area is 98.8 Å². The first kappa shape index (κ1) is 13.5. The van der Waals surface area contributed by atoms with Crippen LogP contribution in [0.1, 0.15) is 51.9 Å². The standard InChI is InChI=1S/C13H25NO2/c1-2-14(10-5-11-15)13(16)9-8-12-6-3-4-7-12/h12,15H,2-11H2,1H3. The van der Waals surface area contributed by atoms with E-state index in [0.717, 1.165) is 18.9 Å². The van der Waals surface area contributed by atoms with Gasteiger partial charge in [-0.05, 0) is 25.7 Å². The van der Waals surface area contributed by atoms with Crippen molar-refractivity contribution in [3.05, 3.63) is 0 Å². The third-order valence-electron chi connectivity index (χ3n) is 3.56. The Hall–Kier alpha value is -0.570. The third-order valence-corrected chi connectivity index (χ3v) is 3.56. The third kappa shape index (κ3) is 4.52. The van der Waals surface area contributed by atoms with Gasteiger partial charge in [0.25, 0.3) is 0 Å². The van der Waals surface area contributed by atoms with Crippen molar-refractivity contribution in [2.75, 3.05) is 19.7 Å². The maximum atomic E-state index is 11.9. The topological polar surface area (TPSA) is 40.5 Å². The van der Waals surface area contributed by atoms with E-state index < -0.39 is 0 Å². The molecular weight excluding hydrogens is 202 g/mol. The minimum atomic E-state index is 0.173. The zero-order valence-corrected chi connectivity index (χ0v) is 10.5. The van der Waals surface area contributed by atoms with Crippen LogP contribution in [0.3, 0.4) is 0 Å². The number of carbonyl (C=O) groups is 1. The molecule has 1 fully saturated rings. The molecule has 0 aromatic rings. The van der Waals surface area contributed by atoms with Gasteiger partial charge in [-0.3, -0.25) is 4.79 Å². The summed E-state index contributed by atoms with van der Waals surface area (Å²) in [5.74, 6) is 1.06. The highest BCUT2D eigenvalue weighted by atomic mass is 16.3. The van der Waals surface area contributed by atoms with Crippen LogP contribution in [0.25, 0.3) is 0 Å². The van der Waals surface area contributed by atoms with Gasteiger partial charge in [0.05, 0.1) is 0 Å². The highest BCUT2D eigenvalue weighted by molar-refractivity contribution is 5.76. The van der Waals surface area contributed by atoms with E-state index in [1.54, 1.807) is 0 Å². The summed E-state index contributed by atoms with van der Waals surface area (Å²) >= 11 is 0. The van der Waals surface area contributed by atoms with Crippen molar-refractivity contribution >= 4 is 5.91 Å². The highest BCUT2D eigenvalue weighted by Gasteiger charge is 2.18. The van der Waals surface area contributed by atoms with Crippen LogP contribution in [0.2, 0.25) is 0 Å². The average molecular weight is 227 g/mol. The first-order valence-corrected chi connectivity index (χ1v) is 6.66. The molecule has 0 unspecified atom stereocenters. The molecule has 1 N–H and O–H groups in total. The Kier molecular flexibility index (Phi) is 6.46. The van der Waals surface area contributed by atoms with E-state index in [9.17, 15) is 4.79 Å². The van der Waals surface area contributed by atoms with E-state index in [0.29, 0.717) is 19.4 Å². The van der Waals surface area contributed by atoms with Gasteiger partial charge in [0.1, 0.15) is 0 Å². The second-order valence-electron chi connectivity index (χ2n) is 4.74. The van der Waals surface area contributed by atoms with Crippen LogP contribution in [0, 0.1) is 5.92 Å². The number of carbonyl (C=O) groups excluding carboxylic acids is 1. The van der Waals surface area contributed by atoms with Gasteiger partial charge in [-0.1, -0.05) is 25.7 Å². The lowest BCUT2D eigenvalue weighted by atomic mass is 10.0. The number of nitrogens with zero attached hydrogens (tertiary/aromatic N) is 1. The van der Waals surface area contributed by atoms with Crippen molar-refractivity contribution < 1.29 is 9.90 Å². The lowest BCUT2D eigenvalue weighted by molar-refractivity contribution is -0.131. The zero-order valence-electron chi connectivity index (χ0n) is 10.5. The number of hydrogen-bond donors (Lipinski definition) is 1. The molecule has 0 aliphatic heterocycles. The summed E-state index contributed by atoms with van der Waals surface area (Å²) in [6.07, 6.45) is 7.79. The molecule has 1 aliphatic rings. The number of aliphatic hydroxyl groups excluding tert-OH is 1. The van der Waals surface area contributed by atoms with E-state index >= 15 is 0 Å². The van der Waals surface area contributed by atoms with Crippen LogP contribution in [0.5, 0.6) is 0 Å². The van der Waals surface area contributed by atoms with E-state index in [2.05, 4.69) is 0 Å². The van der Waals surface area contributed by atoms with Gasteiger partial charge in [-0.15, -0.1) is 0 Å². The van der Waals surface area contributed by atoms with E-state index in [4.69, 9.17) is 5.11 Å². The van der Waals surface area contributed by atoms with Gasteiger partial charge < -0.3 is 10.0 Å². The van der Waals surface area contributed by atoms with Crippen LogP contribution in [0.4, 0.5) is 0 Å². The summed E-state index contributed by atoms with van der Waals surface area (Å²) < 4.78 is 0. The molecule has 0 bridgehead atoms. The summed E-state index contributed by atoms with van der Waals surface area (Å²) in [6, 6.07) is 0. The van der Waals surface area contributed by atoms with Crippen molar-refractivity contribution in [2.45, 2.75) is 51.9 Å². The molecule has 1 saturated carbocycles. The van der Waals surface area contributed by atoms with Crippen molar-refractivity contribution in [1.29, 1.82) is 0 Å². The molecule has 0 aromatic carbocycles. The van der Waals surface area contributed by atoms with Crippen LogP contribution >= 0.6 is 0 Å². The van der Waals surface area contributed by atoms with Crippen molar-refractivity contribution in [3.8, 4) is 0 Å². The summed E-state index contributed by atoms with van der Waals surface area (Å²) in [6.45, 7) is 3.65. The molecule has 1 rings (SSSR count). The first-order chi connectivity index (χ1) is 7.77. The second kappa shape index (κ2) is 7.66. The molecule has 0 aromatic heterocycles. The molecule has 0 atom stereocenters. The monoisotopic (exact) mass is 227 g/mol. The van der Waals surface area contributed by atoms with E-state index in [1.807, 2.05) is 11.8 Å². The summed E-state index contributed by atoms with van der Waals surface area (Å²) in [5, 5.41) is 8.76. The molecule has 0 radical (unpaired) electrons. The average Bonchev–Trinajstić information content (AvgIpc) is 2.80. The molecule has 1 aliphatic carbocycles. The van der Waals surface area contributed by atoms with Gasteiger partial charge in [-0.2, -0.15) is 0 Å². The van der Waals surface area contributed by atoms with Crippen molar-refractivity contribution in [1.82, 2.24) is 4.90 Å². The number of rotatable bonds is 7. The number of amides is 1. The maximum Gasteiger partial charge on any atom is 0.222 e. The van der Waals surface area contributed by atoms with E-state index in [1.165, 1.54) is 25.7 Å². The van der Waals surface area contributed by atoms with Crippen LogP contribution < -0.4 is 0 Å². The SMILES string of the molecule is CCN(CCCO)C(=O)CCC1CCCC1. The van der Waals surface area contributed by atoms with Crippen LogP contribution in [-0.4, -0.2) is 35.6 Å². The first-order valence-electron chi connectivity index (χ1n) is 6.66. The molecule has 0 heterocycles. The summed E-state index contributed by atoms with van der Waals surface area (Å²) in [4.78, 5) is 13.7. The van der Waals surface area contributed by atoms with Gasteiger partial charge >= 0.3 is 0 Å². The molecule has 0 spiro atoms. The van der Waals surface area contributed by atoms with Gasteiger partial charge in [0, 0.05) is 26.1 Å². The molecule has 16 heavy (non-hydrogen) atoms. The quantitative estimate of drug-likeness (QED) is 0.724. The Morgan fingerprint density at radius 2 is 2.06 bits per heavy atom. The fourth-order valence-corrected chi connectivity index (χ4v) is 2.51. The minimum absolute atomic E-state index is 0.173. The van der Waals surface area contributed by atoms with Crippen molar-refractivity contribution in [3.63, 3.8) is 0 Å². The van der Waals surface area contributed by atoms with Gasteiger partial charge in [0.15, 0.2) is 0 Å². The fourth-order valence-electron chi connectivity index (χ4n) is 2.51. The molecule has 3 heteroatoms. The van der Waals surface area contributed by atoms with Crippen LogP contribution in [0.15, 0.2) is 0 Å². The van der Waals surface area contributed by atoms with E-state index in [-0.39, 0.29) is 12.5 Å². The molecule has 0 saturated heterocycles. The smallest absolute Gasteiger partial charge is 0.222 e. The normalized spacial score (nSPS) is 16.6. The maximum absolute atomic E-state index is 11.9. The Morgan fingerprint density at radius 1 is 1.38 bits per heavy atom. The Bertz CT molecular complexity index is 200. The number of hydrogen-bond acceptors (Lipinski definition) is 2. The molecule has 3 nitrogen and oxygen atoms in total. The highest BCUT2D eigenvalue weighted by Crippen LogP contribution is 2.28. The van der Waals surface area contributed by atoms with Crippen molar-refractivity contribution in [2.24, 2.45) is 5.92 Å². The fraction of sp³-hybridized carbons (Fsp3) is 0.923. The predicted molar refractivity (Wildman–Crippen MR) is 65.1 cm³/mol. The van der Waals surface area contributed by atoms with Gasteiger partial charge in [0.2, 0.25) is 5.91 Å². The summed E-state index contributed by atoms with van der Waals surface area (Å²) in [7, 11) is 0. The zero-order chi connectivity index (χ0) is 11.8. The lowest BCUT2D eigenvalue weighted by Gasteiger charge is -2.21. The predicted octanol–water partition coefficient (Wildman–Crippen LogP) is 2.19. The second-order valence-corrected chi connectivity index (χ2v) is 4.74. The van der Waals surface area contributed by atoms with Crippen LogP contribution in [-0.2, 0) is 4.79 Å². The Morgan fingerprint density at radius 3 is 2.62 bits per heavy atom. The minimum Gasteiger partial charge on any atom is -0.396 e. The molecular formula is C13H25NO2.